The average Bonchev–Trinajstić information content (AvgIpc) is 2.44. The highest BCUT2D eigenvalue weighted by Gasteiger charge is 2.05. The van der Waals surface area contributed by atoms with Gasteiger partial charge in [0.1, 0.15) is 5.69 Å². The summed E-state index contributed by atoms with van der Waals surface area (Å²) in [5.41, 5.74) is 2.12. The Hall–Kier alpha value is -2.69. The third-order valence-electron chi connectivity index (χ3n) is 2.75. The van der Waals surface area contributed by atoms with Gasteiger partial charge in [-0.25, -0.2) is 0 Å². The lowest BCUT2D eigenvalue weighted by molar-refractivity contribution is -0.112. The molecule has 0 saturated carbocycles. The average molecular weight is 269 g/mol. The largest absolute Gasteiger partial charge is 0.357 e. The van der Waals surface area contributed by atoms with Crippen molar-refractivity contribution < 1.29 is 4.79 Å². The Labute approximate surface area is 116 Å². The number of nitrogens with zero attached hydrogens (tertiary/aromatic N) is 2. The monoisotopic (exact) mass is 269 g/mol. The lowest BCUT2D eigenvalue weighted by Gasteiger charge is -2.08. The molecule has 2 aromatic rings. The molecule has 0 atom stereocenters. The Kier molecular flexibility index (Phi) is 4.10. The third-order valence-corrected chi connectivity index (χ3v) is 2.75. The van der Waals surface area contributed by atoms with Gasteiger partial charge in [-0.2, -0.15) is 0 Å². The van der Waals surface area contributed by atoms with Crippen LogP contribution >= 0.6 is 0 Å². The van der Waals surface area contributed by atoms with Crippen LogP contribution in [0.3, 0.4) is 0 Å². The second kappa shape index (κ2) is 5.97. The summed E-state index contributed by atoms with van der Waals surface area (Å²) in [6.07, 6.45) is 8.00. The molecule has 0 aromatic carbocycles. The van der Waals surface area contributed by atoms with Crippen LogP contribution in [0, 0.1) is 0 Å². The van der Waals surface area contributed by atoms with Gasteiger partial charge < -0.3 is 9.88 Å². The van der Waals surface area contributed by atoms with Crippen molar-refractivity contribution in [3.8, 4) is 11.1 Å². The zero-order valence-corrected chi connectivity index (χ0v) is 11.3. The first kappa shape index (κ1) is 13.7. The van der Waals surface area contributed by atoms with Gasteiger partial charge in [0.05, 0.1) is 0 Å². The predicted octanol–water partition coefficient (Wildman–Crippen LogP) is 1.96. The molecule has 5 heteroatoms. The first-order valence-electron chi connectivity index (χ1n) is 6.12. The number of allylic oxidation sites excluding steroid dienone is 1. The van der Waals surface area contributed by atoms with Crippen LogP contribution in [0.15, 0.2) is 53.9 Å². The number of anilines is 1. The highest BCUT2D eigenvalue weighted by Crippen LogP contribution is 2.19. The molecule has 0 amide bonds. The Balaban J connectivity index is 2.40. The number of nitrogens with one attached hydrogen (secondary N) is 1. The summed E-state index contributed by atoms with van der Waals surface area (Å²) in [5.74, 6) is -0.0837. The molecule has 20 heavy (non-hydrogen) atoms. The maximum atomic E-state index is 12.0. The predicted molar refractivity (Wildman–Crippen MR) is 78.4 cm³/mol. The molecule has 0 aliphatic rings. The summed E-state index contributed by atoms with van der Waals surface area (Å²) in [7, 11) is 1.69. The molecule has 0 aliphatic carbocycles. The summed E-state index contributed by atoms with van der Waals surface area (Å²) in [4.78, 5) is 26.8. The van der Waals surface area contributed by atoms with Crippen molar-refractivity contribution in [2.45, 2.75) is 6.92 Å². The van der Waals surface area contributed by atoms with Crippen LogP contribution in [0.5, 0.6) is 0 Å². The number of pyridine rings is 2. The fourth-order valence-electron chi connectivity index (χ4n) is 1.77. The van der Waals surface area contributed by atoms with Gasteiger partial charge in [0.15, 0.2) is 5.78 Å². The molecule has 0 fully saturated rings. The van der Waals surface area contributed by atoms with Crippen molar-refractivity contribution in [3.63, 3.8) is 0 Å². The van der Waals surface area contributed by atoms with E-state index in [2.05, 4.69) is 10.3 Å². The normalized spacial score (nSPS) is 10.7. The van der Waals surface area contributed by atoms with Gasteiger partial charge in [0.25, 0.3) is 5.56 Å². The number of ketones is 1. The number of rotatable bonds is 4. The van der Waals surface area contributed by atoms with Crippen molar-refractivity contribution in [2.75, 3.05) is 5.32 Å². The number of aryl methyl sites for hydroxylation is 1. The summed E-state index contributed by atoms with van der Waals surface area (Å²) in [6, 6.07) is 5.49. The fourth-order valence-corrected chi connectivity index (χ4v) is 1.77. The van der Waals surface area contributed by atoms with Crippen LogP contribution < -0.4 is 10.9 Å². The van der Waals surface area contributed by atoms with Crippen molar-refractivity contribution in [1.82, 2.24) is 9.55 Å². The molecule has 0 saturated heterocycles. The van der Waals surface area contributed by atoms with Crippen LogP contribution in [-0.2, 0) is 11.8 Å². The van der Waals surface area contributed by atoms with Gasteiger partial charge in [-0.1, -0.05) is 0 Å². The molecule has 2 aromatic heterocycles. The molecule has 0 radical (unpaired) electrons. The zero-order valence-electron chi connectivity index (χ0n) is 11.3. The Morgan fingerprint density at radius 2 is 2.00 bits per heavy atom. The number of carbonyl (C=O) groups is 1. The molecule has 1 N–H and O–H groups in total. The van der Waals surface area contributed by atoms with E-state index in [9.17, 15) is 9.59 Å². The summed E-state index contributed by atoms with van der Waals surface area (Å²) in [6.45, 7) is 1.45. The fraction of sp³-hybridized carbons (Fsp3) is 0.133. The third kappa shape index (κ3) is 3.20. The summed E-state index contributed by atoms with van der Waals surface area (Å²) >= 11 is 0. The number of hydrogen-bond acceptors (Lipinski definition) is 4. The van der Waals surface area contributed by atoms with Crippen LogP contribution in [0.1, 0.15) is 6.92 Å². The Morgan fingerprint density at radius 1 is 1.30 bits per heavy atom. The molecule has 5 nitrogen and oxygen atoms in total. The van der Waals surface area contributed by atoms with Gasteiger partial charge >= 0.3 is 0 Å². The number of aromatic nitrogens is 2. The van der Waals surface area contributed by atoms with Crippen molar-refractivity contribution >= 4 is 11.5 Å². The van der Waals surface area contributed by atoms with Crippen LogP contribution in [0.4, 0.5) is 5.69 Å². The second-order valence-electron chi connectivity index (χ2n) is 4.38. The first-order chi connectivity index (χ1) is 9.58. The smallest absolute Gasteiger partial charge is 0.273 e. The quantitative estimate of drug-likeness (QED) is 0.862. The molecular weight excluding hydrogens is 254 g/mol. The van der Waals surface area contributed by atoms with E-state index in [-0.39, 0.29) is 11.3 Å². The van der Waals surface area contributed by atoms with Gasteiger partial charge in [-0.3, -0.25) is 14.6 Å². The molecule has 2 rings (SSSR count). The van der Waals surface area contributed by atoms with Crippen LogP contribution in [-0.4, -0.2) is 15.3 Å². The van der Waals surface area contributed by atoms with E-state index in [4.69, 9.17) is 0 Å². The van der Waals surface area contributed by atoms with Crippen molar-refractivity contribution in [3.05, 3.63) is 59.4 Å². The molecule has 0 spiro atoms. The van der Waals surface area contributed by atoms with Crippen LogP contribution in [0.25, 0.3) is 11.1 Å². The molecule has 2 heterocycles. The molecule has 0 aliphatic heterocycles. The molecule has 102 valence electrons. The lowest BCUT2D eigenvalue weighted by Crippen LogP contribution is -2.19. The van der Waals surface area contributed by atoms with Crippen molar-refractivity contribution in [1.29, 1.82) is 0 Å². The van der Waals surface area contributed by atoms with E-state index >= 15 is 0 Å². The minimum Gasteiger partial charge on any atom is -0.357 e. The topological polar surface area (TPSA) is 64.0 Å². The number of hydrogen-bond donors (Lipinski definition) is 1. The standard InChI is InChI=1S/C15H15N3O2/c1-11(19)3-8-17-14-9-13(10-18(2)15(14)20)12-4-6-16-7-5-12/h3-10,17H,1-2H3/b8-3+. The maximum absolute atomic E-state index is 12.0. The SMILES string of the molecule is CC(=O)/C=C/Nc1cc(-c2ccncc2)cn(C)c1=O. The van der Waals surface area contributed by atoms with Gasteiger partial charge in [-0.05, 0) is 36.8 Å². The minimum atomic E-state index is -0.156. The van der Waals surface area contributed by atoms with E-state index in [1.807, 2.05) is 12.1 Å². The highest BCUT2D eigenvalue weighted by molar-refractivity contribution is 5.87. The van der Waals surface area contributed by atoms with Crippen LogP contribution in [0.2, 0.25) is 0 Å². The number of carbonyl (C=O) groups excluding carboxylic acids is 1. The van der Waals surface area contributed by atoms with E-state index < -0.39 is 0 Å². The maximum Gasteiger partial charge on any atom is 0.273 e. The summed E-state index contributed by atoms with van der Waals surface area (Å²) < 4.78 is 1.50. The van der Waals surface area contributed by atoms with E-state index in [0.29, 0.717) is 5.69 Å². The second-order valence-corrected chi connectivity index (χ2v) is 4.38. The van der Waals surface area contributed by atoms with Gasteiger partial charge in [-0.15, -0.1) is 0 Å². The van der Waals surface area contributed by atoms with E-state index in [1.165, 1.54) is 23.8 Å². The van der Waals surface area contributed by atoms with E-state index in [0.717, 1.165) is 11.1 Å². The van der Waals surface area contributed by atoms with Crippen molar-refractivity contribution in [2.24, 2.45) is 7.05 Å². The first-order valence-corrected chi connectivity index (χ1v) is 6.12. The lowest BCUT2D eigenvalue weighted by atomic mass is 10.1. The molecular formula is C15H15N3O2. The molecule has 0 unspecified atom stereocenters. The molecule has 0 bridgehead atoms. The minimum absolute atomic E-state index is 0.0837. The summed E-state index contributed by atoms with van der Waals surface area (Å²) in [5, 5.41) is 2.84. The van der Waals surface area contributed by atoms with Gasteiger partial charge in [0.2, 0.25) is 0 Å². The highest BCUT2D eigenvalue weighted by atomic mass is 16.1. The van der Waals surface area contributed by atoms with Gasteiger partial charge in [0, 0.05) is 37.4 Å². The zero-order chi connectivity index (χ0) is 14.5. The Bertz CT molecular complexity index is 703. The van der Waals surface area contributed by atoms with E-state index in [1.54, 1.807) is 31.7 Å². The Morgan fingerprint density at radius 3 is 2.65 bits per heavy atom.